The Morgan fingerprint density at radius 3 is 2.57 bits per heavy atom. The molecule has 1 atom stereocenters. The molecule has 2 aromatic carbocycles. The van der Waals surface area contributed by atoms with Crippen LogP contribution in [-0.2, 0) is 0 Å². The zero-order chi connectivity index (χ0) is 16.2. The highest BCUT2D eigenvalue weighted by molar-refractivity contribution is 6.07. The summed E-state index contributed by atoms with van der Waals surface area (Å²) in [5.74, 6) is 0.808. The number of carbonyl (C=O) groups excluding carboxylic acids is 2. The van der Waals surface area contributed by atoms with E-state index in [2.05, 4.69) is 5.32 Å². The summed E-state index contributed by atoms with van der Waals surface area (Å²) < 4.78 is 5.64. The van der Waals surface area contributed by atoms with Gasteiger partial charge in [-0.3, -0.25) is 9.59 Å². The van der Waals surface area contributed by atoms with E-state index in [1.807, 2.05) is 24.3 Å². The van der Waals surface area contributed by atoms with Crippen molar-refractivity contribution in [2.45, 2.75) is 19.3 Å². The van der Waals surface area contributed by atoms with Crippen LogP contribution in [0.25, 0.3) is 0 Å². The minimum absolute atomic E-state index is 0.104. The van der Waals surface area contributed by atoms with Crippen molar-refractivity contribution in [3.8, 4) is 5.75 Å². The highest BCUT2D eigenvalue weighted by Gasteiger charge is 2.22. The summed E-state index contributed by atoms with van der Waals surface area (Å²) >= 11 is 0. The van der Waals surface area contributed by atoms with Crippen LogP contribution in [0.5, 0.6) is 5.75 Å². The zero-order valence-corrected chi connectivity index (χ0v) is 13.0. The van der Waals surface area contributed by atoms with Crippen molar-refractivity contribution in [2.75, 3.05) is 13.2 Å². The first kappa shape index (κ1) is 15.3. The maximum absolute atomic E-state index is 12.4. The Labute approximate surface area is 135 Å². The number of rotatable bonds is 4. The van der Waals surface area contributed by atoms with E-state index < -0.39 is 0 Å². The SMILES string of the molecule is CC(=O)c1ccccc1C(=O)NC[C@H]1CCOc2ccccc21. The summed E-state index contributed by atoms with van der Waals surface area (Å²) in [5.41, 5.74) is 2.01. The van der Waals surface area contributed by atoms with Crippen LogP contribution < -0.4 is 10.1 Å². The van der Waals surface area contributed by atoms with Crippen molar-refractivity contribution in [3.63, 3.8) is 0 Å². The van der Waals surface area contributed by atoms with Gasteiger partial charge in [0.1, 0.15) is 5.75 Å². The third-order valence-corrected chi connectivity index (χ3v) is 4.14. The standard InChI is InChI=1S/C19H19NO3/c1-13(21)15-6-2-3-8-17(15)19(22)20-12-14-10-11-23-18-9-5-4-7-16(14)18/h2-9,14H,10-12H2,1H3,(H,20,22)/t14-/m1/s1. The molecule has 0 fully saturated rings. The number of para-hydroxylation sites is 1. The van der Waals surface area contributed by atoms with Gasteiger partial charge in [-0.2, -0.15) is 0 Å². The molecule has 0 saturated carbocycles. The monoisotopic (exact) mass is 309 g/mol. The van der Waals surface area contributed by atoms with E-state index in [1.54, 1.807) is 24.3 Å². The third-order valence-electron chi connectivity index (χ3n) is 4.14. The number of hydrogen-bond acceptors (Lipinski definition) is 3. The van der Waals surface area contributed by atoms with Crippen molar-refractivity contribution in [3.05, 3.63) is 65.2 Å². The first-order valence-electron chi connectivity index (χ1n) is 7.76. The lowest BCUT2D eigenvalue weighted by atomic mass is 9.93. The number of nitrogens with one attached hydrogen (secondary N) is 1. The molecule has 4 nitrogen and oxygen atoms in total. The van der Waals surface area contributed by atoms with E-state index in [0.717, 1.165) is 17.7 Å². The maximum atomic E-state index is 12.4. The van der Waals surface area contributed by atoms with Crippen LogP contribution in [0.3, 0.4) is 0 Å². The van der Waals surface area contributed by atoms with Gasteiger partial charge in [0, 0.05) is 18.0 Å². The number of ether oxygens (including phenoxy) is 1. The fraction of sp³-hybridized carbons (Fsp3) is 0.263. The van der Waals surface area contributed by atoms with Crippen LogP contribution >= 0.6 is 0 Å². The van der Waals surface area contributed by atoms with Gasteiger partial charge in [-0.15, -0.1) is 0 Å². The van der Waals surface area contributed by atoms with Gasteiger partial charge in [-0.25, -0.2) is 0 Å². The molecule has 4 heteroatoms. The molecule has 0 unspecified atom stereocenters. The lowest BCUT2D eigenvalue weighted by Crippen LogP contribution is -2.31. The quantitative estimate of drug-likeness (QED) is 0.883. The molecule has 1 heterocycles. The van der Waals surface area contributed by atoms with Gasteiger partial charge < -0.3 is 10.1 Å². The number of benzene rings is 2. The molecule has 0 spiro atoms. The van der Waals surface area contributed by atoms with Gasteiger partial charge in [0.05, 0.1) is 12.2 Å². The molecule has 1 aliphatic rings. The molecule has 1 N–H and O–H groups in total. The summed E-state index contributed by atoms with van der Waals surface area (Å²) in [7, 11) is 0. The smallest absolute Gasteiger partial charge is 0.252 e. The van der Waals surface area contributed by atoms with Crippen molar-refractivity contribution in [1.82, 2.24) is 5.32 Å². The van der Waals surface area contributed by atoms with Gasteiger partial charge in [0.2, 0.25) is 0 Å². The van der Waals surface area contributed by atoms with E-state index in [-0.39, 0.29) is 17.6 Å². The largest absolute Gasteiger partial charge is 0.493 e. The molecule has 0 saturated heterocycles. The number of fused-ring (bicyclic) bond motifs is 1. The minimum atomic E-state index is -0.209. The molecule has 0 aromatic heterocycles. The normalized spacial score (nSPS) is 16.1. The number of Topliss-reactive ketones (excluding diaryl/α,β-unsaturated/α-hetero) is 1. The third kappa shape index (κ3) is 3.26. The van der Waals surface area contributed by atoms with E-state index in [1.165, 1.54) is 6.92 Å². The molecular weight excluding hydrogens is 290 g/mol. The average molecular weight is 309 g/mol. The van der Waals surface area contributed by atoms with E-state index in [0.29, 0.717) is 24.3 Å². The summed E-state index contributed by atoms with van der Waals surface area (Å²) in [6, 6.07) is 14.8. The molecule has 2 aromatic rings. The van der Waals surface area contributed by atoms with Crippen LogP contribution in [0.2, 0.25) is 0 Å². The minimum Gasteiger partial charge on any atom is -0.493 e. The first-order valence-corrected chi connectivity index (χ1v) is 7.76. The summed E-state index contributed by atoms with van der Waals surface area (Å²) in [4.78, 5) is 24.1. The van der Waals surface area contributed by atoms with Gasteiger partial charge in [0.15, 0.2) is 5.78 Å². The maximum Gasteiger partial charge on any atom is 0.252 e. The molecular formula is C19H19NO3. The Balaban J connectivity index is 1.72. The van der Waals surface area contributed by atoms with Crippen molar-refractivity contribution in [1.29, 1.82) is 0 Å². The second-order valence-corrected chi connectivity index (χ2v) is 5.68. The number of hydrogen-bond donors (Lipinski definition) is 1. The summed E-state index contributed by atoms with van der Waals surface area (Å²) in [6.07, 6.45) is 0.867. The Bertz CT molecular complexity index is 739. The van der Waals surface area contributed by atoms with Crippen LogP contribution in [0.4, 0.5) is 0 Å². The molecule has 118 valence electrons. The molecule has 1 amide bonds. The highest BCUT2D eigenvalue weighted by Crippen LogP contribution is 2.32. The Morgan fingerprint density at radius 2 is 1.78 bits per heavy atom. The van der Waals surface area contributed by atoms with Gasteiger partial charge in [-0.05, 0) is 31.0 Å². The number of amides is 1. The molecule has 0 radical (unpaired) electrons. The summed E-state index contributed by atoms with van der Waals surface area (Å²) in [5, 5.41) is 2.96. The second-order valence-electron chi connectivity index (χ2n) is 5.68. The van der Waals surface area contributed by atoms with Gasteiger partial charge in [0.25, 0.3) is 5.91 Å². The van der Waals surface area contributed by atoms with Crippen LogP contribution in [-0.4, -0.2) is 24.8 Å². The van der Waals surface area contributed by atoms with Crippen LogP contribution in [0.15, 0.2) is 48.5 Å². The number of carbonyl (C=O) groups is 2. The van der Waals surface area contributed by atoms with Crippen LogP contribution in [0, 0.1) is 0 Å². The highest BCUT2D eigenvalue weighted by atomic mass is 16.5. The predicted molar refractivity (Wildman–Crippen MR) is 88.1 cm³/mol. The fourth-order valence-electron chi connectivity index (χ4n) is 2.93. The van der Waals surface area contributed by atoms with E-state index in [9.17, 15) is 9.59 Å². The van der Waals surface area contributed by atoms with Crippen molar-refractivity contribution < 1.29 is 14.3 Å². The van der Waals surface area contributed by atoms with E-state index in [4.69, 9.17) is 4.74 Å². The summed E-state index contributed by atoms with van der Waals surface area (Å²) in [6.45, 7) is 2.66. The predicted octanol–water partition coefficient (Wildman–Crippen LogP) is 3.19. The topological polar surface area (TPSA) is 55.4 Å². The first-order chi connectivity index (χ1) is 11.2. The Kier molecular flexibility index (Phi) is 4.42. The lowest BCUT2D eigenvalue weighted by molar-refractivity contribution is 0.0934. The Morgan fingerprint density at radius 1 is 1.09 bits per heavy atom. The average Bonchev–Trinajstić information content (AvgIpc) is 2.59. The fourth-order valence-corrected chi connectivity index (χ4v) is 2.93. The second kappa shape index (κ2) is 6.65. The Hall–Kier alpha value is -2.62. The van der Waals surface area contributed by atoms with Crippen LogP contribution in [0.1, 0.15) is 45.5 Å². The van der Waals surface area contributed by atoms with Gasteiger partial charge in [-0.1, -0.05) is 36.4 Å². The number of ketones is 1. The molecule has 0 bridgehead atoms. The zero-order valence-electron chi connectivity index (χ0n) is 13.0. The molecule has 0 aliphatic carbocycles. The van der Waals surface area contributed by atoms with E-state index >= 15 is 0 Å². The molecule has 1 aliphatic heterocycles. The lowest BCUT2D eigenvalue weighted by Gasteiger charge is -2.26. The van der Waals surface area contributed by atoms with Gasteiger partial charge >= 0.3 is 0 Å². The van der Waals surface area contributed by atoms with Crippen molar-refractivity contribution in [2.24, 2.45) is 0 Å². The molecule has 23 heavy (non-hydrogen) atoms. The molecule has 3 rings (SSSR count). The van der Waals surface area contributed by atoms with Crippen molar-refractivity contribution >= 4 is 11.7 Å².